The summed E-state index contributed by atoms with van der Waals surface area (Å²) in [4.78, 5) is 42.7. The van der Waals surface area contributed by atoms with Crippen LogP contribution in [0.4, 0.5) is 4.79 Å². The Morgan fingerprint density at radius 2 is 1.46 bits per heavy atom. The van der Waals surface area contributed by atoms with Crippen LogP contribution >= 0.6 is 15.9 Å². The predicted octanol–water partition coefficient (Wildman–Crippen LogP) is 4.45. The van der Waals surface area contributed by atoms with Gasteiger partial charge in [0.05, 0.1) is 13.1 Å². The van der Waals surface area contributed by atoms with Crippen molar-refractivity contribution in [2.24, 2.45) is 0 Å². The topological polar surface area (TPSA) is 79.4 Å². The number of nitrogens with zero attached hydrogens (tertiary/aromatic N) is 3. The van der Waals surface area contributed by atoms with Crippen molar-refractivity contribution in [3.8, 4) is 5.75 Å². The van der Waals surface area contributed by atoms with Gasteiger partial charge >= 0.3 is 6.09 Å². The van der Waals surface area contributed by atoms with E-state index in [0.29, 0.717) is 50.6 Å². The van der Waals surface area contributed by atoms with Gasteiger partial charge in [0.15, 0.2) is 0 Å². The minimum absolute atomic E-state index is 0.0576. The van der Waals surface area contributed by atoms with Crippen LogP contribution in [0.3, 0.4) is 0 Å². The Morgan fingerprint density at radius 1 is 0.865 bits per heavy atom. The molecule has 0 saturated carbocycles. The van der Waals surface area contributed by atoms with E-state index in [1.807, 2.05) is 45.0 Å². The van der Waals surface area contributed by atoms with Gasteiger partial charge in [-0.15, -0.1) is 0 Å². The quantitative estimate of drug-likeness (QED) is 0.497. The van der Waals surface area contributed by atoms with Crippen molar-refractivity contribution in [3.63, 3.8) is 0 Å². The molecular weight excluding hydrogens is 538 g/mol. The van der Waals surface area contributed by atoms with Crippen molar-refractivity contribution in [1.29, 1.82) is 0 Å². The molecule has 9 heteroatoms. The monoisotopic (exact) mass is 569 g/mol. The minimum Gasteiger partial charge on any atom is -0.487 e. The predicted molar refractivity (Wildman–Crippen MR) is 144 cm³/mol. The third kappa shape index (κ3) is 7.35. The van der Waals surface area contributed by atoms with Gasteiger partial charge in [-0.25, -0.2) is 4.79 Å². The van der Waals surface area contributed by atoms with E-state index in [4.69, 9.17) is 9.47 Å². The fraction of sp³-hybridized carbons (Fsp3) is 0.393. The SMILES string of the molecule is CC(C)(C)OC(=O)N1CC(Oc2ccc(C(=O)N3CCN(C(=O)C=Cc4ccc(Br)cc4)CC3)cc2)C1. The van der Waals surface area contributed by atoms with Crippen LogP contribution in [0, 0.1) is 0 Å². The smallest absolute Gasteiger partial charge is 0.410 e. The van der Waals surface area contributed by atoms with E-state index < -0.39 is 5.60 Å². The molecule has 0 unspecified atom stereocenters. The Balaban J connectivity index is 1.21. The van der Waals surface area contributed by atoms with Gasteiger partial charge < -0.3 is 24.2 Å². The molecule has 2 fully saturated rings. The lowest BCUT2D eigenvalue weighted by molar-refractivity contribution is -0.127. The fourth-order valence-corrected chi connectivity index (χ4v) is 4.28. The Labute approximate surface area is 225 Å². The lowest BCUT2D eigenvalue weighted by atomic mass is 10.1. The zero-order chi connectivity index (χ0) is 26.6. The lowest BCUT2D eigenvalue weighted by Crippen LogP contribution is -2.57. The molecule has 2 aromatic carbocycles. The number of halogens is 1. The molecule has 37 heavy (non-hydrogen) atoms. The van der Waals surface area contributed by atoms with Crippen LogP contribution in [0.25, 0.3) is 6.08 Å². The van der Waals surface area contributed by atoms with Crippen LogP contribution in [0.2, 0.25) is 0 Å². The van der Waals surface area contributed by atoms with Crippen molar-refractivity contribution >= 4 is 39.9 Å². The first-order chi connectivity index (χ1) is 17.6. The first-order valence-electron chi connectivity index (χ1n) is 12.3. The standard InChI is InChI=1S/C28H32BrN3O5/c1-28(2,3)37-27(35)32-18-24(19-32)36-23-11-7-21(8-12-23)26(34)31-16-14-30(15-17-31)25(33)13-6-20-4-9-22(29)10-5-20/h4-13,24H,14-19H2,1-3H3. The highest BCUT2D eigenvalue weighted by atomic mass is 79.9. The summed E-state index contributed by atoms with van der Waals surface area (Å²) in [5, 5.41) is 0. The van der Waals surface area contributed by atoms with Gasteiger partial charge in [0.1, 0.15) is 17.5 Å². The van der Waals surface area contributed by atoms with E-state index in [1.54, 1.807) is 51.1 Å². The molecule has 2 aromatic rings. The molecular formula is C28H32BrN3O5. The summed E-state index contributed by atoms with van der Waals surface area (Å²) >= 11 is 3.40. The largest absolute Gasteiger partial charge is 0.487 e. The molecule has 2 aliphatic rings. The molecule has 0 radical (unpaired) electrons. The molecule has 4 rings (SSSR count). The maximum absolute atomic E-state index is 13.0. The third-order valence-electron chi connectivity index (χ3n) is 6.07. The van der Waals surface area contributed by atoms with Gasteiger partial charge in [-0.2, -0.15) is 0 Å². The van der Waals surface area contributed by atoms with Gasteiger partial charge in [0, 0.05) is 42.3 Å². The van der Waals surface area contributed by atoms with E-state index in [0.717, 1.165) is 10.0 Å². The van der Waals surface area contributed by atoms with Crippen LogP contribution in [0.1, 0.15) is 36.7 Å². The lowest BCUT2D eigenvalue weighted by Gasteiger charge is -2.39. The molecule has 2 aliphatic heterocycles. The van der Waals surface area contributed by atoms with Gasteiger partial charge in [0.25, 0.3) is 5.91 Å². The summed E-state index contributed by atoms with van der Waals surface area (Å²) in [7, 11) is 0. The fourth-order valence-electron chi connectivity index (χ4n) is 4.02. The molecule has 2 heterocycles. The van der Waals surface area contributed by atoms with E-state index in [-0.39, 0.29) is 24.0 Å². The number of carbonyl (C=O) groups is 3. The van der Waals surface area contributed by atoms with Crippen molar-refractivity contribution in [3.05, 3.63) is 70.2 Å². The first kappa shape index (κ1) is 26.7. The third-order valence-corrected chi connectivity index (χ3v) is 6.60. The molecule has 0 atom stereocenters. The maximum Gasteiger partial charge on any atom is 0.410 e. The van der Waals surface area contributed by atoms with Crippen LogP contribution in [0.15, 0.2) is 59.1 Å². The molecule has 196 valence electrons. The van der Waals surface area contributed by atoms with E-state index in [9.17, 15) is 14.4 Å². The van der Waals surface area contributed by atoms with Crippen molar-refractivity contribution in [1.82, 2.24) is 14.7 Å². The van der Waals surface area contributed by atoms with Crippen LogP contribution in [-0.2, 0) is 9.53 Å². The Bertz CT molecular complexity index is 1140. The second-order valence-corrected chi connectivity index (χ2v) is 11.1. The van der Waals surface area contributed by atoms with Crippen LogP contribution < -0.4 is 4.74 Å². The number of hydrogen-bond acceptors (Lipinski definition) is 5. The molecule has 2 saturated heterocycles. The van der Waals surface area contributed by atoms with Gasteiger partial charge in [0.2, 0.25) is 5.91 Å². The van der Waals surface area contributed by atoms with Gasteiger partial charge in [-0.05, 0) is 68.8 Å². The maximum atomic E-state index is 13.0. The Hall–Kier alpha value is -3.33. The molecule has 0 bridgehead atoms. The van der Waals surface area contributed by atoms with Gasteiger partial charge in [-0.3, -0.25) is 9.59 Å². The number of ether oxygens (including phenoxy) is 2. The summed E-state index contributed by atoms with van der Waals surface area (Å²) in [6, 6.07) is 14.8. The second kappa shape index (κ2) is 11.4. The van der Waals surface area contributed by atoms with Crippen molar-refractivity contribution < 1.29 is 23.9 Å². The molecule has 0 aromatic heterocycles. The highest BCUT2D eigenvalue weighted by Gasteiger charge is 2.35. The highest BCUT2D eigenvalue weighted by Crippen LogP contribution is 2.22. The minimum atomic E-state index is -0.523. The molecule has 0 N–H and O–H groups in total. The average molecular weight is 570 g/mol. The van der Waals surface area contributed by atoms with Crippen LogP contribution in [0.5, 0.6) is 5.75 Å². The van der Waals surface area contributed by atoms with Crippen LogP contribution in [-0.4, -0.2) is 83.6 Å². The highest BCUT2D eigenvalue weighted by molar-refractivity contribution is 9.10. The number of piperazine rings is 1. The molecule has 0 aliphatic carbocycles. The Morgan fingerprint density at radius 3 is 2.05 bits per heavy atom. The van der Waals surface area contributed by atoms with E-state index >= 15 is 0 Å². The summed E-state index contributed by atoms with van der Waals surface area (Å²) in [5.41, 5.74) is 1.01. The molecule has 8 nitrogen and oxygen atoms in total. The van der Waals surface area contributed by atoms with Gasteiger partial charge in [-0.1, -0.05) is 28.1 Å². The number of carbonyl (C=O) groups excluding carboxylic acids is 3. The van der Waals surface area contributed by atoms with E-state index in [1.165, 1.54) is 0 Å². The summed E-state index contributed by atoms with van der Waals surface area (Å²) in [6.45, 7) is 8.40. The number of likely N-dealkylation sites (tertiary alicyclic amines) is 1. The average Bonchev–Trinajstić information content (AvgIpc) is 2.84. The summed E-state index contributed by atoms with van der Waals surface area (Å²) < 4.78 is 12.3. The zero-order valence-electron chi connectivity index (χ0n) is 21.4. The Kier molecular flexibility index (Phi) is 8.22. The molecule has 3 amide bonds. The number of amides is 3. The molecule has 0 spiro atoms. The number of rotatable bonds is 5. The first-order valence-corrected chi connectivity index (χ1v) is 13.1. The van der Waals surface area contributed by atoms with Crippen molar-refractivity contribution in [2.75, 3.05) is 39.3 Å². The summed E-state index contributed by atoms with van der Waals surface area (Å²) in [5.74, 6) is 0.528. The number of hydrogen-bond donors (Lipinski definition) is 0. The number of benzene rings is 2. The van der Waals surface area contributed by atoms with Crippen molar-refractivity contribution in [2.45, 2.75) is 32.5 Å². The normalized spacial score (nSPS) is 16.5. The summed E-state index contributed by atoms with van der Waals surface area (Å²) in [6.07, 6.45) is 2.94. The van der Waals surface area contributed by atoms with E-state index in [2.05, 4.69) is 15.9 Å². The second-order valence-electron chi connectivity index (χ2n) is 10.2. The zero-order valence-corrected chi connectivity index (χ0v) is 22.9.